The van der Waals surface area contributed by atoms with Crippen LogP contribution in [0.5, 0.6) is 11.5 Å². The molecular weight excluding hydrogens is 473 g/mol. The van der Waals surface area contributed by atoms with E-state index in [0.717, 1.165) is 11.1 Å². The van der Waals surface area contributed by atoms with E-state index in [1.54, 1.807) is 48.8 Å². The van der Waals surface area contributed by atoms with Crippen molar-refractivity contribution in [3.8, 4) is 11.5 Å². The van der Waals surface area contributed by atoms with Gasteiger partial charge in [0, 0.05) is 35.8 Å². The Bertz CT molecular complexity index is 1380. The molecule has 3 aromatic carbocycles. The number of benzene rings is 3. The first-order chi connectivity index (χ1) is 18.0. The number of ether oxygens (including phenoxy) is 2. The standard InChI is InChI=1S/C29H26FN3O4/c1-2-36-27-17-23(9-10-26(27)37-19-20-11-13-31-14-12-20)28(34)32-18-21-5-3-8-25(15-21)33-29(35)22-6-4-7-24(30)16-22/h3-17H,2,18-19H2,1H3,(H,32,34)(H,33,35). The summed E-state index contributed by atoms with van der Waals surface area (Å²) in [6, 6.07) is 21.3. The number of pyridine rings is 1. The summed E-state index contributed by atoms with van der Waals surface area (Å²) in [7, 11) is 0. The number of carbonyl (C=O) groups excluding carboxylic acids is 2. The topological polar surface area (TPSA) is 89.6 Å². The van der Waals surface area contributed by atoms with Gasteiger partial charge in [0.05, 0.1) is 6.61 Å². The van der Waals surface area contributed by atoms with Crippen molar-refractivity contribution in [3.63, 3.8) is 0 Å². The van der Waals surface area contributed by atoms with Crippen molar-refractivity contribution in [3.05, 3.63) is 119 Å². The minimum absolute atomic E-state index is 0.219. The summed E-state index contributed by atoms with van der Waals surface area (Å²) in [5.74, 6) is -0.167. The van der Waals surface area contributed by atoms with Crippen molar-refractivity contribution in [2.75, 3.05) is 11.9 Å². The third-order valence-corrected chi connectivity index (χ3v) is 5.37. The van der Waals surface area contributed by atoms with Crippen LogP contribution in [0.3, 0.4) is 0 Å². The predicted octanol–water partition coefficient (Wildman–Crippen LogP) is 5.38. The van der Waals surface area contributed by atoms with Crippen molar-refractivity contribution in [2.24, 2.45) is 0 Å². The van der Waals surface area contributed by atoms with Crippen molar-refractivity contribution in [1.29, 1.82) is 0 Å². The minimum Gasteiger partial charge on any atom is -0.490 e. The molecule has 0 aliphatic carbocycles. The summed E-state index contributed by atoms with van der Waals surface area (Å²) in [5.41, 5.74) is 2.93. The Morgan fingerprint density at radius 3 is 2.38 bits per heavy atom. The molecule has 0 saturated carbocycles. The number of hydrogen-bond donors (Lipinski definition) is 2. The van der Waals surface area contributed by atoms with E-state index in [2.05, 4.69) is 15.6 Å². The van der Waals surface area contributed by atoms with E-state index in [1.807, 2.05) is 25.1 Å². The second-order valence-electron chi connectivity index (χ2n) is 8.09. The summed E-state index contributed by atoms with van der Waals surface area (Å²) >= 11 is 0. The molecule has 1 heterocycles. The van der Waals surface area contributed by atoms with E-state index in [0.29, 0.717) is 36.0 Å². The molecular formula is C29H26FN3O4. The molecule has 2 amide bonds. The number of amides is 2. The molecule has 2 N–H and O–H groups in total. The highest BCUT2D eigenvalue weighted by atomic mass is 19.1. The number of carbonyl (C=O) groups is 2. The molecule has 188 valence electrons. The number of halogens is 1. The third-order valence-electron chi connectivity index (χ3n) is 5.37. The molecule has 0 bridgehead atoms. The van der Waals surface area contributed by atoms with Crippen molar-refractivity contribution >= 4 is 17.5 Å². The number of hydrogen-bond acceptors (Lipinski definition) is 5. The molecule has 0 radical (unpaired) electrons. The lowest BCUT2D eigenvalue weighted by Crippen LogP contribution is -2.23. The van der Waals surface area contributed by atoms with Crippen molar-refractivity contribution in [2.45, 2.75) is 20.1 Å². The molecule has 0 fully saturated rings. The van der Waals surface area contributed by atoms with E-state index in [9.17, 15) is 14.0 Å². The maximum absolute atomic E-state index is 13.4. The lowest BCUT2D eigenvalue weighted by Gasteiger charge is -2.14. The predicted molar refractivity (Wildman–Crippen MR) is 138 cm³/mol. The highest BCUT2D eigenvalue weighted by Crippen LogP contribution is 2.29. The van der Waals surface area contributed by atoms with Gasteiger partial charge in [0.15, 0.2) is 11.5 Å². The molecule has 0 aliphatic heterocycles. The van der Waals surface area contributed by atoms with Gasteiger partial charge in [-0.2, -0.15) is 0 Å². The van der Waals surface area contributed by atoms with E-state index >= 15 is 0 Å². The van der Waals surface area contributed by atoms with Crippen LogP contribution in [0.25, 0.3) is 0 Å². The number of anilines is 1. The Balaban J connectivity index is 1.37. The Morgan fingerprint density at radius 1 is 0.811 bits per heavy atom. The van der Waals surface area contributed by atoms with E-state index in [4.69, 9.17) is 9.47 Å². The van der Waals surface area contributed by atoms with Crippen LogP contribution in [0, 0.1) is 5.82 Å². The van der Waals surface area contributed by atoms with Gasteiger partial charge in [0.25, 0.3) is 11.8 Å². The number of nitrogens with one attached hydrogen (secondary N) is 2. The average Bonchev–Trinajstić information content (AvgIpc) is 2.92. The Labute approximate surface area is 214 Å². The number of aromatic nitrogens is 1. The SMILES string of the molecule is CCOc1cc(C(=O)NCc2cccc(NC(=O)c3cccc(F)c3)c2)ccc1OCc1ccncc1. The Morgan fingerprint density at radius 2 is 1.59 bits per heavy atom. The largest absolute Gasteiger partial charge is 0.490 e. The molecule has 4 aromatic rings. The lowest BCUT2D eigenvalue weighted by atomic mass is 10.1. The molecule has 0 aliphatic rings. The lowest BCUT2D eigenvalue weighted by molar-refractivity contribution is 0.0949. The molecule has 37 heavy (non-hydrogen) atoms. The van der Waals surface area contributed by atoms with Gasteiger partial charge in [-0.25, -0.2) is 4.39 Å². The van der Waals surface area contributed by atoms with Crippen LogP contribution in [-0.4, -0.2) is 23.4 Å². The van der Waals surface area contributed by atoms with Gasteiger partial charge in [0.1, 0.15) is 12.4 Å². The van der Waals surface area contributed by atoms with Crippen LogP contribution in [0.4, 0.5) is 10.1 Å². The van der Waals surface area contributed by atoms with Crippen LogP contribution in [0.1, 0.15) is 38.8 Å². The second kappa shape index (κ2) is 12.3. The molecule has 0 spiro atoms. The molecule has 4 rings (SSSR count). The smallest absolute Gasteiger partial charge is 0.255 e. The van der Waals surface area contributed by atoms with Crippen LogP contribution in [-0.2, 0) is 13.2 Å². The van der Waals surface area contributed by atoms with E-state index in [-0.39, 0.29) is 18.0 Å². The molecule has 0 atom stereocenters. The van der Waals surface area contributed by atoms with E-state index in [1.165, 1.54) is 24.3 Å². The highest BCUT2D eigenvalue weighted by molar-refractivity contribution is 6.04. The minimum atomic E-state index is -0.482. The molecule has 0 unspecified atom stereocenters. The van der Waals surface area contributed by atoms with Crippen LogP contribution < -0.4 is 20.1 Å². The zero-order valence-corrected chi connectivity index (χ0v) is 20.2. The summed E-state index contributed by atoms with van der Waals surface area (Å²) in [6.45, 7) is 2.87. The fraction of sp³-hybridized carbons (Fsp3) is 0.138. The normalized spacial score (nSPS) is 10.4. The van der Waals surface area contributed by atoms with Gasteiger partial charge in [-0.15, -0.1) is 0 Å². The van der Waals surface area contributed by atoms with Crippen LogP contribution in [0.2, 0.25) is 0 Å². The number of rotatable bonds is 10. The molecule has 8 heteroatoms. The van der Waals surface area contributed by atoms with Crippen LogP contribution in [0.15, 0.2) is 91.3 Å². The monoisotopic (exact) mass is 499 g/mol. The molecule has 0 saturated heterocycles. The van der Waals surface area contributed by atoms with Crippen molar-refractivity contribution in [1.82, 2.24) is 10.3 Å². The summed E-state index contributed by atoms with van der Waals surface area (Å²) in [5, 5.41) is 5.62. The average molecular weight is 500 g/mol. The quantitative estimate of drug-likeness (QED) is 0.306. The maximum Gasteiger partial charge on any atom is 0.255 e. The highest BCUT2D eigenvalue weighted by Gasteiger charge is 2.13. The number of nitrogens with zero attached hydrogens (tertiary/aromatic N) is 1. The van der Waals surface area contributed by atoms with Crippen molar-refractivity contribution < 1.29 is 23.5 Å². The molecule has 7 nitrogen and oxygen atoms in total. The summed E-state index contributed by atoms with van der Waals surface area (Å²) in [6.07, 6.45) is 3.40. The maximum atomic E-state index is 13.4. The third kappa shape index (κ3) is 7.14. The zero-order chi connectivity index (χ0) is 26.0. The Hall–Kier alpha value is -4.72. The van der Waals surface area contributed by atoms with Gasteiger partial charge in [-0.1, -0.05) is 18.2 Å². The van der Waals surface area contributed by atoms with Crippen LogP contribution >= 0.6 is 0 Å². The first-order valence-corrected chi connectivity index (χ1v) is 11.7. The molecule has 1 aromatic heterocycles. The van der Waals surface area contributed by atoms with Gasteiger partial charge < -0.3 is 20.1 Å². The summed E-state index contributed by atoms with van der Waals surface area (Å²) in [4.78, 5) is 29.2. The Kier molecular flexibility index (Phi) is 8.44. The fourth-order valence-corrected chi connectivity index (χ4v) is 3.55. The first-order valence-electron chi connectivity index (χ1n) is 11.7. The van der Waals surface area contributed by atoms with Gasteiger partial charge in [-0.3, -0.25) is 14.6 Å². The van der Waals surface area contributed by atoms with Gasteiger partial charge >= 0.3 is 0 Å². The van der Waals surface area contributed by atoms with Gasteiger partial charge in [0.2, 0.25) is 0 Å². The van der Waals surface area contributed by atoms with E-state index < -0.39 is 11.7 Å². The fourth-order valence-electron chi connectivity index (χ4n) is 3.55. The summed E-state index contributed by atoms with van der Waals surface area (Å²) < 4.78 is 25.0. The first kappa shape index (κ1) is 25.4. The van der Waals surface area contributed by atoms with Gasteiger partial charge in [-0.05, 0) is 78.7 Å². The second-order valence-corrected chi connectivity index (χ2v) is 8.09. The zero-order valence-electron chi connectivity index (χ0n) is 20.2.